The molecule has 21 heavy (non-hydrogen) atoms. The molecule has 1 atom stereocenters. The summed E-state index contributed by atoms with van der Waals surface area (Å²) in [4.78, 5) is 12.5. The number of hydrogen-bond donors (Lipinski definition) is 1. The maximum atomic E-state index is 13.1. The zero-order valence-corrected chi connectivity index (χ0v) is 12.3. The number of carboxylic acid groups (broad SMARTS) is 1. The molecule has 0 bridgehead atoms. The highest BCUT2D eigenvalue weighted by molar-refractivity contribution is 6.35. The molecule has 3 nitrogen and oxygen atoms in total. The van der Waals surface area contributed by atoms with Crippen molar-refractivity contribution in [1.82, 2.24) is 4.90 Å². The van der Waals surface area contributed by atoms with E-state index in [9.17, 15) is 18.0 Å². The first-order valence-electron chi connectivity index (χ1n) is 6.12. The molecule has 0 aliphatic carbocycles. The maximum absolute atomic E-state index is 13.1. The van der Waals surface area contributed by atoms with Gasteiger partial charge in [-0.25, -0.2) is 0 Å². The first kappa shape index (κ1) is 16.4. The molecule has 0 aromatic heterocycles. The fourth-order valence-electron chi connectivity index (χ4n) is 2.44. The van der Waals surface area contributed by atoms with E-state index in [0.717, 1.165) is 0 Å². The van der Waals surface area contributed by atoms with E-state index in [1.807, 2.05) is 0 Å². The smallest absolute Gasteiger partial charge is 0.406 e. The van der Waals surface area contributed by atoms with Crippen LogP contribution in [0.2, 0.25) is 10.0 Å². The predicted molar refractivity (Wildman–Crippen MR) is 72.5 cm³/mol. The molecule has 1 aliphatic heterocycles. The largest absolute Gasteiger partial charge is 0.481 e. The van der Waals surface area contributed by atoms with Crippen LogP contribution < -0.4 is 0 Å². The molecule has 0 saturated carbocycles. The Bertz CT molecular complexity index is 565. The highest BCUT2D eigenvalue weighted by Crippen LogP contribution is 2.46. The molecule has 1 aliphatic rings. The Balaban J connectivity index is 2.17. The minimum Gasteiger partial charge on any atom is -0.481 e. The maximum Gasteiger partial charge on any atom is 0.406 e. The Morgan fingerprint density at radius 3 is 2.52 bits per heavy atom. The normalized spacial score (nSPS) is 23.5. The third-order valence-electron chi connectivity index (χ3n) is 3.71. The average molecular weight is 342 g/mol. The van der Waals surface area contributed by atoms with Gasteiger partial charge in [-0.3, -0.25) is 9.69 Å². The first-order chi connectivity index (χ1) is 9.65. The number of likely N-dealkylation sites (tertiary alicyclic amines) is 1. The number of nitrogens with zero attached hydrogens (tertiary/aromatic N) is 1. The Kier molecular flexibility index (Phi) is 4.42. The summed E-state index contributed by atoms with van der Waals surface area (Å²) in [6, 6.07) is 4.72. The van der Waals surface area contributed by atoms with Crippen LogP contribution in [0.25, 0.3) is 0 Å². The molecule has 1 N–H and O–H groups in total. The second kappa shape index (κ2) is 5.66. The van der Waals surface area contributed by atoms with Crippen molar-refractivity contribution in [3.8, 4) is 0 Å². The van der Waals surface area contributed by atoms with Crippen molar-refractivity contribution < 1.29 is 23.1 Å². The van der Waals surface area contributed by atoms with Gasteiger partial charge in [0.05, 0.1) is 0 Å². The van der Waals surface area contributed by atoms with E-state index in [-0.39, 0.29) is 13.1 Å². The first-order valence-corrected chi connectivity index (χ1v) is 6.88. The summed E-state index contributed by atoms with van der Waals surface area (Å²) in [6.45, 7) is -0.378. The molecule has 0 radical (unpaired) electrons. The molecule has 2 rings (SSSR count). The molecule has 1 fully saturated rings. The summed E-state index contributed by atoms with van der Waals surface area (Å²) in [6.07, 6.45) is -5.24. The van der Waals surface area contributed by atoms with E-state index in [2.05, 4.69) is 0 Å². The van der Waals surface area contributed by atoms with Crippen LogP contribution in [0, 0.1) is 5.41 Å². The summed E-state index contributed by atoms with van der Waals surface area (Å²) in [5.41, 5.74) is -2.09. The van der Waals surface area contributed by atoms with Crippen LogP contribution in [0.15, 0.2) is 18.2 Å². The summed E-state index contributed by atoms with van der Waals surface area (Å²) >= 11 is 11.7. The van der Waals surface area contributed by atoms with Gasteiger partial charge in [0.1, 0.15) is 0 Å². The Hall–Kier alpha value is -0.980. The summed E-state index contributed by atoms with van der Waals surface area (Å²) in [5.74, 6) is -1.83. The number of alkyl halides is 3. The van der Waals surface area contributed by atoms with Crippen molar-refractivity contribution in [3.63, 3.8) is 0 Å². The zero-order chi connectivity index (χ0) is 15.8. The lowest BCUT2D eigenvalue weighted by Crippen LogP contribution is -2.47. The third-order valence-corrected chi connectivity index (χ3v) is 4.30. The van der Waals surface area contributed by atoms with Crippen molar-refractivity contribution in [2.45, 2.75) is 19.1 Å². The summed E-state index contributed by atoms with van der Waals surface area (Å²) < 4.78 is 39.2. The number of aliphatic carboxylic acids is 1. The fourth-order valence-corrected chi connectivity index (χ4v) is 2.91. The number of carboxylic acids is 1. The monoisotopic (exact) mass is 341 g/mol. The molecule has 0 amide bonds. The second-order valence-electron chi connectivity index (χ2n) is 5.08. The van der Waals surface area contributed by atoms with Crippen LogP contribution >= 0.6 is 23.2 Å². The summed E-state index contributed by atoms with van der Waals surface area (Å²) in [5, 5.41) is 9.76. The highest BCUT2D eigenvalue weighted by atomic mass is 35.5. The van der Waals surface area contributed by atoms with E-state index in [1.165, 1.54) is 11.0 Å². The number of carbonyl (C=O) groups is 1. The van der Waals surface area contributed by atoms with Gasteiger partial charge >= 0.3 is 12.1 Å². The van der Waals surface area contributed by atoms with E-state index in [1.54, 1.807) is 12.1 Å². The number of benzene rings is 1. The number of rotatable bonds is 3. The van der Waals surface area contributed by atoms with Gasteiger partial charge < -0.3 is 5.11 Å². The second-order valence-corrected chi connectivity index (χ2v) is 5.93. The molecule has 0 spiro atoms. The van der Waals surface area contributed by atoms with E-state index in [0.29, 0.717) is 15.6 Å². The van der Waals surface area contributed by atoms with Crippen LogP contribution in [0.5, 0.6) is 0 Å². The fraction of sp³-hybridized carbons (Fsp3) is 0.462. The van der Waals surface area contributed by atoms with Gasteiger partial charge in [-0.05, 0) is 24.1 Å². The van der Waals surface area contributed by atoms with Crippen molar-refractivity contribution in [2.24, 2.45) is 5.41 Å². The topological polar surface area (TPSA) is 40.5 Å². The predicted octanol–water partition coefficient (Wildman–Crippen LogP) is 3.83. The molecule has 1 aromatic carbocycles. The SMILES string of the molecule is O=C(O)C1(C(F)(F)F)CCN(Cc2ccc(Cl)cc2Cl)C1. The van der Waals surface area contributed by atoms with E-state index < -0.39 is 30.5 Å². The molecule has 1 saturated heterocycles. The molecule has 1 unspecified atom stereocenters. The van der Waals surface area contributed by atoms with Gasteiger partial charge in [0.2, 0.25) is 0 Å². The molecular formula is C13H12Cl2F3NO2. The van der Waals surface area contributed by atoms with Crippen LogP contribution in [-0.2, 0) is 11.3 Å². The van der Waals surface area contributed by atoms with Crippen LogP contribution in [-0.4, -0.2) is 35.2 Å². The zero-order valence-electron chi connectivity index (χ0n) is 10.8. The van der Waals surface area contributed by atoms with Crippen molar-refractivity contribution in [2.75, 3.05) is 13.1 Å². The Morgan fingerprint density at radius 2 is 2.05 bits per heavy atom. The Labute approximate surface area is 129 Å². The van der Waals surface area contributed by atoms with E-state index in [4.69, 9.17) is 28.3 Å². The van der Waals surface area contributed by atoms with Gasteiger partial charge in [-0.15, -0.1) is 0 Å². The van der Waals surface area contributed by atoms with Crippen molar-refractivity contribution in [3.05, 3.63) is 33.8 Å². The van der Waals surface area contributed by atoms with Gasteiger partial charge in [-0.2, -0.15) is 13.2 Å². The standard InChI is InChI=1S/C13H12Cl2F3NO2/c14-9-2-1-8(10(15)5-9)6-19-4-3-12(7-19,11(20)21)13(16,17)18/h1-2,5H,3-4,6-7H2,(H,20,21). The van der Waals surface area contributed by atoms with Crippen LogP contribution in [0.1, 0.15) is 12.0 Å². The van der Waals surface area contributed by atoms with E-state index >= 15 is 0 Å². The molecule has 1 aromatic rings. The van der Waals surface area contributed by atoms with Gasteiger partial charge in [0.25, 0.3) is 0 Å². The lowest BCUT2D eigenvalue weighted by atomic mass is 9.86. The third kappa shape index (κ3) is 3.12. The van der Waals surface area contributed by atoms with Gasteiger partial charge in [-0.1, -0.05) is 29.3 Å². The molecule has 1 heterocycles. The lowest BCUT2D eigenvalue weighted by molar-refractivity contribution is -0.227. The number of halogens is 5. The summed E-state index contributed by atoms with van der Waals surface area (Å²) in [7, 11) is 0. The molecule has 8 heteroatoms. The minimum atomic E-state index is -4.78. The van der Waals surface area contributed by atoms with Gasteiger partial charge in [0, 0.05) is 29.7 Å². The Morgan fingerprint density at radius 1 is 1.38 bits per heavy atom. The van der Waals surface area contributed by atoms with Gasteiger partial charge in [0.15, 0.2) is 5.41 Å². The van der Waals surface area contributed by atoms with Crippen LogP contribution in [0.3, 0.4) is 0 Å². The minimum absolute atomic E-state index is 0.0464. The molecular weight excluding hydrogens is 330 g/mol. The quantitative estimate of drug-likeness (QED) is 0.908. The van der Waals surface area contributed by atoms with Crippen molar-refractivity contribution in [1.29, 1.82) is 0 Å². The lowest BCUT2D eigenvalue weighted by Gasteiger charge is -2.27. The average Bonchev–Trinajstić information content (AvgIpc) is 2.77. The van der Waals surface area contributed by atoms with Crippen LogP contribution in [0.4, 0.5) is 13.2 Å². The number of hydrogen-bond acceptors (Lipinski definition) is 2. The molecule has 116 valence electrons. The van der Waals surface area contributed by atoms with Crippen molar-refractivity contribution >= 4 is 29.2 Å². The highest BCUT2D eigenvalue weighted by Gasteiger charge is 2.63.